The molecule has 0 aliphatic carbocycles. The molecule has 2 aromatic rings. The Labute approximate surface area is 176 Å². The standard InChI is InChI=1S/C21H28N6O3/c1-2-3-16-9-12-26(13-10-16)21-20(27(28)29)19(8-11-24-21)30-18-6-4-17(5-7-18)25-15-23-14-22/h4-8,11,14,16,25H,2-3,9-10,12-13,15H2,1H3,(H2,22,23). The van der Waals surface area contributed by atoms with Gasteiger partial charge in [-0.05, 0) is 43.0 Å². The molecule has 3 rings (SSSR count). The Morgan fingerprint density at radius 3 is 2.70 bits per heavy atom. The van der Waals surface area contributed by atoms with Crippen molar-refractivity contribution in [3.63, 3.8) is 0 Å². The average molecular weight is 412 g/mol. The van der Waals surface area contributed by atoms with Crippen LogP contribution in [0.3, 0.4) is 0 Å². The third kappa shape index (κ3) is 5.37. The van der Waals surface area contributed by atoms with Crippen molar-refractivity contribution in [2.24, 2.45) is 16.6 Å². The third-order valence-corrected chi connectivity index (χ3v) is 5.22. The van der Waals surface area contributed by atoms with Crippen LogP contribution in [-0.4, -0.2) is 36.0 Å². The van der Waals surface area contributed by atoms with E-state index in [2.05, 4.69) is 22.2 Å². The molecule has 9 nitrogen and oxygen atoms in total. The van der Waals surface area contributed by atoms with Crippen molar-refractivity contribution >= 4 is 23.5 Å². The van der Waals surface area contributed by atoms with Crippen LogP contribution in [0.25, 0.3) is 0 Å². The summed E-state index contributed by atoms with van der Waals surface area (Å²) in [5, 5.41) is 14.9. The zero-order valence-electron chi connectivity index (χ0n) is 17.2. The fraction of sp³-hybridized carbons (Fsp3) is 0.429. The first kappa shape index (κ1) is 21.4. The van der Waals surface area contributed by atoms with Crippen LogP contribution in [0, 0.1) is 16.0 Å². The van der Waals surface area contributed by atoms with Crippen LogP contribution in [0.5, 0.6) is 11.5 Å². The smallest absolute Gasteiger partial charge is 0.353 e. The SMILES string of the molecule is CCCC1CCN(c2nccc(Oc3ccc(NC/N=C\N)cc3)c2[N+](=O)[O-])CC1. The van der Waals surface area contributed by atoms with Gasteiger partial charge in [-0.15, -0.1) is 0 Å². The summed E-state index contributed by atoms with van der Waals surface area (Å²) in [5.74, 6) is 1.76. The highest BCUT2D eigenvalue weighted by atomic mass is 16.6. The van der Waals surface area contributed by atoms with Crippen LogP contribution >= 0.6 is 0 Å². The lowest BCUT2D eigenvalue weighted by Crippen LogP contribution is -2.34. The maximum absolute atomic E-state index is 11.9. The van der Waals surface area contributed by atoms with Gasteiger partial charge < -0.3 is 20.7 Å². The Morgan fingerprint density at radius 2 is 2.07 bits per heavy atom. The zero-order valence-corrected chi connectivity index (χ0v) is 17.2. The van der Waals surface area contributed by atoms with Gasteiger partial charge in [0.1, 0.15) is 12.4 Å². The normalized spacial score (nSPS) is 14.8. The second-order valence-electron chi connectivity index (χ2n) is 7.25. The molecule has 0 spiro atoms. The number of nitrogens with two attached hydrogens (primary N) is 1. The van der Waals surface area contributed by atoms with E-state index in [0.717, 1.165) is 31.6 Å². The molecule has 1 fully saturated rings. The molecular formula is C21H28N6O3. The van der Waals surface area contributed by atoms with Gasteiger partial charge in [0.2, 0.25) is 11.6 Å². The lowest BCUT2D eigenvalue weighted by atomic mass is 9.92. The fourth-order valence-corrected chi connectivity index (χ4v) is 3.71. The number of rotatable bonds is 9. The van der Waals surface area contributed by atoms with Gasteiger partial charge in [-0.25, -0.2) is 4.98 Å². The number of benzene rings is 1. The number of hydrogen-bond donors (Lipinski definition) is 2. The number of aliphatic imine (C=N–C) groups is 1. The number of anilines is 2. The van der Waals surface area contributed by atoms with E-state index in [1.807, 2.05) is 17.0 Å². The van der Waals surface area contributed by atoms with E-state index in [1.54, 1.807) is 18.3 Å². The van der Waals surface area contributed by atoms with Crippen LogP contribution in [0.2, 0.25) is 0 Å². The van der Waals surface area contributed by atoms with Gasteiger partial charge in [-0.1, -0.05) is 19.8 Å². The maximum Gasteiger partial charge on any atom is 0.353 e. The molecule has 0 saturated carbocycles. The van der Waals surface area contributed by atoms with E-state index in [0.29, 0.717) is 24.2 Å². The van der Waals surface area contributed by atoms with Gasteiger partial charge in [0, 0.05) is 31.0 Å². The van der Waals surface area contributed by atoms with E-state index in [1.165, 1.54) is 25.2 Å². The molecule has 2 heterocycles. The molecule has 9 heteroatoms. The van der Waals surface area contributed by atoms with E-state index < -0.39 is 4.92 Å². The summed E-state index contributed by atoms with van der Waals surface area (Å²) >= 11 is 0. The number of piperidine rings is 1. The first-order valence-corrected chi connectivity index (χ1v) is 10.2. The minimum atomic E-state index is -0.406. The molecule has 0 unspecified atom stereocenters. The fourth-order valence-electron chi connectivity index (χ4n) is 3.71. The number of hydrogen-bond acceptors (Lipinski definition) is 7. The van der Waals surface area contributed by atoms with Gasteiger partial charge in [-0.3, -0.25) is 15.1 Å². The van der Waals surface area contributed by atoms with Crippen molar-refractivity contribution in [2.75, 3.05) is 30.0 Å². The molecule has 1 aliphatic heterocycles. The van der Waals surface area contributed by atoms with Crippen LogP contribution in [0.4, 0.5) is 17.2 Å². The summed E-state index contributed by atoms with van der Waals surface area (Å²) in [4.78, 5) is 21.7. The molecule has 0 radical (unpaired) electrons. The maximum atomic E-state index is 11.9. The molecule has 1 aromatic carbocycles. The molecule has 0 bridgehead atoms. The van der Waals surface area contributed by atoms with Crippen LogP contribution in [0.1, 0.15) is 32.6 Å². The summed E-state index contributed by atoms with van der Waals surface area (Å²) in [6.07, 6.45) is 7.23. The second-order valence-corrected chi connectivity index (χ2v) is 7.25. The van der Waals surface area contributed by atoms with Crippen LogP contribution < -0.4 is 20.7 Å². The summed E-state index contributed by atoms with van der Waals surface area (Å²) in [7, 11) is 0. The number of nitro groups is 1. The molecular weight excluding hydrogens is 384 g/mol. The first-order valence-electron chi connectivity index (χ1n) is 10.2. The van der Waals surface area contributed by atoms with Crippen LogP contribution in [-0.2, 0) is 0 Å². The molecule has 3 N–H and O–H groups in total. The molecule has 1 aliphatic rings. The van der Waals surface area contributed by atoms with Gasteiger partial charge >= 0.3 is 5.69 Å². The Morgan fingerprint density at radius 1 is 1.33 bits per heavy atom. The Bertz CT molecular complexity index is 864. The van der Waals surface area contributed by atoms with Crippen molar-refractivity contribution < 1.29 is 9.66 Å². The van der Waals surface area contributed by atoms with Gasteiger partial charge in [0.05, 0.1) is 11.3 Å². The largest absolute Gasteiger partial charge is 0.450 e. The Hall–Kier alpha value is -3.36. The summed E-state index contributed by atoms with van der Waals surface area (Å²) in [5.41, 5.74) is 5.96. The van der Waals surface area contributed by atoms with E-state index in [9.17, 15) is 10.1 Å². The molecule has 0 atom stereocenters. The highest BCUT2D eigenvalue weighted by Gasteiger charge is 2.29. The van der Waals surface area contributed by atoms with E-state index in [-0.39, 0.29) is 11.4 Å². The molecule has 160 valence electrons. The summed E-state index contributed by atoms with van der Waals surface area (Å²) in [6, 6.07) is 8.65. The van der Waals surface area contributed by atoms with E-state index >= 15 is 0 Å². The monoisotopic (exact) mass is 412 g/mol. The molecule has 0 amide bonds. The predicted molar refractivity (Wildman–Crippen MR) is 118 cm³/mol. The van der Waals surface area contributed by atoms with Crippen molar-refractivity contribution in [1.82, 2.24) is 4.98 Å². The summed E-state index contributed by atoms with van der Waals surface area (Å²) < 4.78 is 5.86. The Balaban J connectivity index is 1.76. The average Bonchev–Trinajstić information content (AvgIpc) is 2.75. The summed E-state index contributed by atoms with van der Waals surface area (Å²) in [6.45, 7) is 4.10. The van der Waals surface area contributed by atoms with Gasteiger partial charge in [0.25, 0.3) is 0 Å². The highest BCUT2D eigenvalue weighted by Crippen LogP contribution is 2.39. The topological polar surface area (TPSA) is 119 Å². The number of pyridine rings is 1. The lowest BCUT2D eigenvalue weighted by Gasteiger charge is -2.32. The number of aromatic nitrogens is 1. The zero-order chi connectivity index (χ0) is 21.3. The van der Waals surface area contributed by atoms with E-state index in [4.69, 9.17) is 10.5 Å². The molecule has 30 heavy (non-hydrogen) atoms. The third-order valence-electron chi connectivity index (χ3n) is 5.22. The predicted octanol–water partition coefficient (Wildman–Crippen LogP) is 4.16. The lowest BCUT2D eigenvalue weighted by molar-refractivity contribution is -0.385. The number of nitrogens with one attached hydrogen (secondary N) is 1. The van der Waals surface area contributed by atoms with Crippen molar-refractivity contribution in [3.05, 3.63) is 46.6 Å². The highest BCUT2D eigenvalue weighted by molar-refractivity contribution is 5.66. The second kappa shape index (κ2) is 10.4. The Kier molecular flexibility index (Phi) is 7.42. The minimum Gasteiger partial charge on any atom is -0.450 e. The van der Waals surface area contributed by atoms with Crippen molar-refractivity contribution in [3.8, 4) is 11.5 Å². The van der Waals surface area contributed by atoms with Crippen molar-refractivity contribution in [1.29, 1.82) is 0 Å². The number of nitrogens with zero attached hydrogens (tertiary/aromatic N) is 4. The minimum absolute atomic E-state index is 0.0917. The quantitative estimate of drug-likeness (QED) is 0.275. The van der Waals surface area contributed by atoms with Crippen molar-refractivity contribution in [2.45, 2.75) is 32.6 Å². The number of ether oxygens (including phenoxy) is 1. The molecule has 1 saturated heterocycles. The van der Waals surface area contributed by atoms with Gasteiger partial charge in [-0.2, -0.15) is 0 Å². The first-order chi connectivity index (χ1) is 14.6. The van der Waals surface area contributed by atoms with Gasteiger partial charge in [0.15, 0.2) is 0 Å². The molecule has 1 aromatic heterocycles. The van der Waals surface area contributed by atoms with Crippen LogP contribution in [0.15, 0.2) is 41.5 Å².